The Kier molecular flexibility index (Phi) is 6.12. The summed E-state index contributed by atoms with van der Waals surface area (Å²) < 4.78 is 5.81. The topological polar surface area (TPSA) is 38.3 Å². The van der Waals surface area contributed by atoms with E-state index in [1.54, 1.807) is 25.3 Å². The molecule has 1 atom stereocenters. The fourth-order valence-electron chi connectivity index (χ4n) is 1.51. The highest BCUT2D eigenvalue weighted by Gasteiger charge is 2.19. The summed E-state index contributed by atoms with van der Waals surface area (Å²) in [5, 5.41) is 3.36. The number of methoxy groups -OCH3 is 1. The normalized spacial score (nSPS) is 12.6. The molecule has 1 N–H and O–H groups in total. The lowest BCUT2D eigenvalue weighted by Gasteiger charge is -2.21. The zero-order valence-electron chi connectivity index (χ0n) is 10.7. The van der Waals surface area contributed by atoms with E-state index in [1.165, 1.54) is 0 Å². The van der Waals surface area contributed by atoms with Gasteiger partial charge in [-0.15, -0.1) is 0 Å². The van der Waals surface area contributed by atoms with Crippen molar-refractivity contribution < 1.29 is 9.53 Å². The van der Waals surface area contributed by atoms with Gasteiger partial charge in [-0.05, 0) is 34.0 Å². The van der Waals surface area contributed by atoms with Crippen LogP contribution in [0, 0.1) is 5.92 Å². The summed E-state index contributed by atoms with van der Waals surface area (Å²) in [6, 6.07) is 5.25. The predicted octanol–water partition coefficient (Wildman–Crippen LogP) is 3.50. The number of hydrogen-bond acceptors (Lipinski definition) is 2. The Labute approximate surface area is 121 Å². The lowest BCUT2D eigenvalue weighted by molar-refractivity contribution is 0.0866. The van der Waals surface area contributed by atoms with Gasteiger partial charge in [0.25, 0.3) is 5.91 Å². The van der Waals surface area contributed by atoms with E-state index < -0.39 is 0 Å². The second-order valence-electron chi connectivity index (χ2n) is 4.38. The van der Waals surface area contributed by atoms with E-state index in [0.29, 0.717) is 27.6 Å². The fourth-order valence-corrected chi connectivity index (χ4v) is 2.08. The van der Waals surface area contributed by atoms with Crippen molar-refractivity contribution in [1.29, 1.82) is 0 Å². The van der Waals surface area contributed by atoms with Gasteiger partial charge in [0, 0.05) is 11.6 Å². The van der Waals surface area contributed by atoms with E-state index in [2.05, 4.69) is 21.2 Å². The molecule has 18 heavy (non-hydrogen) atoms. The third-order valence-corrected chi connectivity index (χ3v) is 3.96. The first-order valence-electron chi connectivity index (χ1n) is 5.71. The van der Waals surface area contributed by atoms with Crippen LogP contribution < -0.4 is 5.32 Å². The Hall–Kier alpha value is -0.580. The summed E-state index contributed by atoms with van der Waals surface area (Å²) in [5.41, 5.74) is 0.466. The number of rotatable bonds is 5. The van der Waals surface area contributed by atoms with Crippen molar-refractivity contribution in [3.05, 3.63) is 33.3 Å². The Morgan fingerprint density at radius 3 is 2.72 bits per heavy atom. The van der Waals surface area contributed by atoms with Gasteiger partial charge in [0.05, 0.1) is 23.2 Å². The number of hydrogen-bond donors (Lipinski definition) is 1. The van der Waals surface area contributed by atoms with Crippen molar-refractivity contribution in [2.75, 3.05) is 13.7 Å². The highest BCUT2D eigenvalue weighted by molar-refractivity contribution is 9.10. The van der Waals surface area contributed by atoms with Crippen LogP contribution in [-0.2, 0) is 4.74 Å². The molecule has 0 fully saturated rings. The Morgan fingerprint density at radius 2 is 2.17 bits per heavy atom. The van der Waals surface area contributed by atoms with Crippen LogP contribution in [0.25, 0.3) is 0 Å². The molecule has 0 aliphatic heterocycles. The van der Waals surface area contributed by atoms with Gasteiger partial charge in [-0.3, -0.25) is 4.79 Å². The number of carbonyl (C=O) groups excluding carboxylic acids is 1. The van der Waals surface area contributed by atoms with Crippen molar-refractivity contribution >= 4 is 33.4 Å². The minimum Gasteiger partial charge on any atom is -0.383 e. The number of nitrogens with one attached hydrogen (secondary N) is 1. The van der Waals surface area contributed by atoms with Crippen molar-refractivity contribution in [3.63, 3.8) is 0 Å². The van der Waals surface area contributed by atoms with Gasteiger partial charge in [0.1, 0.15) is 0 Å². The third kappa shape index (κ3) is 3.97. The fraction of sp³-hybridized carbons (Fsp3) is 0.462. The molecule has 1 aromatic rings. The zero-order chi connectivity index (χ0) is 13.7. The van der Waals surface area contributed by atoms with Crippen molar-refractivity contribution in [2.24, 2.45) is 5.92 Å². The molecule has 0 saturated heterocycles. The number of carbonyl (C=O) groups is 1. The van der Waals surface area contributed by atoms with Gasteiger partial charge < -0.3 is 10.1 Å². The van der Waals surface area contributed by atoms with Gasteiger partial charge in [0.15, 0.2) is 0 Å². The van der Waals surface area contributed by atoms with Crippen molar-refractivity contribution in [3.8, 4) is 0 Å². The molecule has 0 bridgehead atoms. The summed E-state index contributed by atoms with van der Waals surface area (Å²) in [7, 11) is 1.62. The molecule has 0 radical (unpaired) electrons. The van der Waals surface area contributed by atoms with Crippen LogP contribution in [-0.4, -0.2) is 25.7 Å². The Morgan fingerprint density at radius 1 is 1.50 bits per heavy atom. The largest absolute Gasteiger partial charge is 0.383 e. The second kappa shape index (κ2) is 7.12. The Bertz CT molecular complexity index is 423. The van der Waals surface area contributed by atoms with Crippen LogP contribution in [0.5, 0.6) is 0 Å². The SMILES string of the molecule is COCC(NC(=O)c1cccc(Br)c1Cl)C(C)C. The van der Waals surface area contributed by atoms with Crippen LogP contribution in [0.3, 0.4) is 0 Å². The van der Waals surface area contributed by atoms with Crippen LogP contribution >= 0.6 is 27.5 Å². The lowest BCUT2D eigenvalue weighted by atomic mass is 10.0. The van der Waals surface area contributed by atoms with Gasteiger partial charge in [0.2, 0.25) is 0 Å². The average molecular weight is 335 g/mol. The molecule has 0 saturated carbocycles. The first kappa shape index (κ1) is 15.5. The highest BCUT2D eigenvalue weighted by atomic mass is 79.9. The molecule has 5 heteroatoms. The lowest BCUT2D eigenvalue weighted by Crippen LogP contribution is -2.41. The van der Waals surface area contributed by atoms with Gasteiger partial charge in [-0.1, -0.05) is 31.5 Å². The minimum atomic E-state index is -0.183. The smallest absolute Gasteiger partial charge is 0.253 e. The van der Waals surface area contributed by atoms with E-state index in [0.717, 1.165) is 0 Å². The third-order valence-electron chi connectivity index (χ3n) is 2.66. The molecular weight excluding hydrogens is 318 g/mol. The summed E-state index contributed by atoms with van der Waals surface area (Å²) in [5.74, 6) is 0.108. The molecule has 3 nitrogen and oxygen atoms in total. The number of amides is 1. The molecule has 0 aliphatic rings. The van der Waals surface area contributed by atoms with E-state index in [1.807, 2.05) is 13.8 Å². The standard InChI is InChI=1S/C13H17BrClNO2/c1-8(2)11(7-18-3)16-13(17)9-5-4-6-10(14)12(9)15/h4-6,8,11H,7H2,1-3H3,(H,16,17). The monoisotopic (exact) mass is 333 g/mol. The van der Waals surface area contributed by atoms with Crippen LogP contribution in [0.1, 0.15) is 24.2 Å². The molecule has 1 rings (SSSR count). The molecule has 0 aliphatic carbocycles. The van der Waals surface area contributed by atoms with E-state index in [9.17, 15) is 4.79 Å². The number of ether oxygens (including phenoxy) is 1. The van der Waals surface area contributed by atoms with Gasteiger partial charge in [-0.2, -0.15) is 0 Å². The van der Waals surface area contributed by atoms with E-state index in [4.69, 9.17) is 16.3 Å². The van der Waals surface area contributed by atoms with Crippen LogP contribution in [0.4, 0.5) is 0 Å². The molecular formula is C13H17BrClNO2. The van der Waals surface area contributed by atoms with E-state index >= 15 is 0 Å². The quantitative estimate of drug-likeness (QED) is 0.895. The maximum Gasteiger partial charge on any atom is 0.253 e. The van der Waals surface area contributed by atoms with Crippen LogP contribution in [0.15, 0.2) is 22.7 Å². The molecule has 100 valence electrons. The van der Waals surface area contributed by atoms with Crippen LogP contribution in [0.2, 0.25) is 5.02 Å². The molecule has 0 heterocycles. The summed E-state index contributed by atoms with van der Waals surface area (Å²) in [6.07, 6.45) is 0. The van der Waals surface area contributed by atoms with Gasteiger partial charge >= 0.3 is 0 Å². The molecule has 1 aromatic carbocycles. The van der Waals surface area contributed by atoms with Crippen molar-refractivity contribution in [1.82, 2.24) is 5.32 Å². The molecule has 0 spiro atoms. The van der Waals surface area contributed by atoms with Crippen molar-refractivity contribution in [2.45, 2.75) is 19.9 Å². The maximum atomic E-state index is 12.1. The molecule has 1 unspecified atom stereocenters. The highest BCUT2D eigenvalue weighted by Crippen LogP contribution is 2.26. The number of halogens is 2. The number of benzene rings is 1. The Balaban J connectivity index is 2.84. The maximum absolute atomic E-state index is 12.1. The zero-order valence-corrected chi connectivity index (χ0v) is 13.0. The molecule has 0 aromatic heterocycles. The van der Waals surface area contributed by atoms with Gasteiger partial charge in [-0.25, -0.2) is 0 Å². The first-order chi connectivity index (χ1) is 8.47. The summed E-state index contributed by atoms with van der Waals surface area (Å²) in [4.78, 5) is 12.1. The predicted molar refractivity (Wildman–Crippen MR) is 77.1 cm³/mol. The molecule has 1 amide bonds. The second-order valence-corrected chi connectivity index (χ2v) is 5.61. The summed E-state index contributed by atoms with van der Waals surface area (Å²) in [6.45, 7) is 4.55. The first-order valence-corrected chi connectivity index (χ1v) is 6.88. The minimum absolute atomic E-state index is 0.0300. The van der Waals surface area contributed by atoms with E-state index in [-0.39, 0.29) is 11.9 Å². The summed E-state index contributed by atoms with van der Waals surface area (Å²) >= 11 is 9.39. The average Bonchev–Trinajstić information content (AvgIpc) is 2.31.